The van der Waals surface area contributed by atoms with E-state index in [-0.39, 0.29) is 12.5 Å². The van der Waals surface area contributed by atoms with Crippen molar-refractivity contribution >= 4 is 11.9 Å². The summed E-state index contributed by atoms with van der Waals surface area (Å²) in [4.78, 5) is 25.7. The van der Waals surface area contributed by atoms with Gasteiger partial charge in [-0.1, -0.05) is 6.42 Å². The van der Waals surface area contributed by atoms with E-state index in [0.29, 0.717) is 23.3 Å². The van der Waals surface area contributed by atoms with E-state index >= 15 is 0 Å². The molecule has 1 aromatic carbocycles. The predicted octanol–water partition coefficient (Wildman–Crippen LogP) is 3.17. The number of carbonyl (C=O) groups excluding carboxylic acids is 1. The molecule has 1 unspecified atom stereocenters. The Labute approximate surface area is 142 Å². The summed E-state index contributed by atoms with van der Waals surface area (Å²) in [5.41, 5.74) is 2.29. The maximum Gasteiger partial charge on any atom is 0.341 e. The van der Waals surface area contributed by atoms with E-state index in [2.05, 4.69) is 4.90 Å². The second kappa shape index (κ2) is 6.83. The molecule has 0 spiro atoms. The van der Waals surface area contributed by atoms with Crippen LogP contribution in [0.1, 0.15) is 53.6 Å². The van der Waals surface area contributed by atoms with E-state index in [1.54, 1.807) is 0 Å². The van der Waals surface area contributed by atoms with Crippen LogP contribution in [0.15, 0.2) is 12.1 Å². The number of hydrogen-bond donors (Lipinski definition) is 1. The van der Waals surface area contributed by atoms with Crippen LogP contribution < -0.4 is 4.74 Å². The summed E-state index contributed by atoms with van der Waals surface area (Å²) in [7, 11) is 0. The quantitative estimate of drug-likeness (QED) is 0.900. The number of likely N-dealkylation sites (tertiary alicyclic amines) is 1. The van der Waals surface area contributed by atoms with Crippen molar-refractivity contribution in [2.45, 2.75) is 52.0 Å². The molecule has 5 heteroatoms. The fraction of sp³-hybridized carbons (Fsp3) is 0.579. The number of nitrogens with zero attached hydrogens (tertiary/aromatic N) is 1. The molecule has 1 aromatic rings. The summed E-state index contributed by atoms with van der Waals surface area (Å²) in [5.74, 6) is 0.331. The zero-order valence-electron chi connectivity index (χ0n) is 14.4. The van der Waals surface area contributed by atoms with Gasteiger partial charge in [0.25, 0.3) is 5.91 Å². The highest BCUT2D eigenvalue weighted by Gasteiger charge is 2.37. The van der Waals surface area contributed by atoms with E-state index in [9.17, 15) is 9.59 Å². The molecule has 130 valence electrons. The number of carboxylic acid groups (broad SMARTS) is 1. The fourth-order valence-electron chi connectivity index (χ4n) is 3.96. The van der Waals surface area contributed by atoms with Gasteiger partial charge in [0.2, 0.25) is 0 Å². The highest BCUT2D eigenvalue weighted by molar-refractivity contribution is 5.95. The Kier molecular flexibility index (Phi) is 4.78. The lowest BCUT2D eigenvalue weighted by Gasteiger charge is -2.37. The minimum Gasteiger partial charge on any atom is -0.481 e. The topological polar surface area (TPSA) is 66.8 Å². The first-order valence-electron chi connectivity index (χ1n) is 8.74. The lowest BCUT2D eigenvalue weighted by Crippen LogP contribution is -2.42. The van der Waals surface area contributed by atoms with Crippen molar-refractivity contribution in [2.75, 3.05) is 13.2 Å². The van der Waals surface area contributed by atoms with E-state index < -0.39 is 5.97 Å². The second-order valence-corrected chi connectivity index (χ2v) is 7.02. The average Bonchev–Trinajstić information content (AvgIpc) is 2.92. The van der Waals surface area contributed by atoms with Crippen LogP contribution in [0.2, 0.25) is 0 Å². The molecule has 0 aromatic heterocycles. The smallest absolute Gasteiger partial charge is 0.341 e. The number of hydrogen-bond acceptors (Lipinski definition) is 3. The van der Waals surface area contributed by atoms with Crippen molar-refractivity contribution in [3.05, 3.63) is 28.8 Å². The van der Waals surface area contributed by atoms with Gasteiger partial charge in [-0.2, -0.15) is 0 Å². The lowest BCUT2D eigenvalue weighted by molar-refractivity contribution is -0.139. The average molecular weight is 331 g/mol. The lowest BCUT2D eigenvalue weighted by atomic mass is 9.78. The SMILES string of the molecule is Cc1cc(C(=O)N2CCCC2C2CCC2)cc(C)c1OCC(=O)O. The van der Waals surface area contributed by atoms with E-state index in [4.69, 9.17) is 9.84 Å². The number of benzene rings is 1. The molecule has 3 rings (SSSR count). The van der Waals surface area contributed by atoms with Crippen molar-refractivity contribution in [3.8, 4) is 5.75 Å². The summed E-state index contributed by atoms with van der Waals surface area (Å²) in [6.45, 7) is 4.18. The molecule has 1 saturated heterocycles. The van der Waals surface area contributed by atoms with Crippen LogP contribution in [0.3, 0.4) is 0 Å². The van der Waals surface area contributed by atoms with Gasteiger partial charge in [0, 0.05) is 18.2 Å². The van der Waals surface area contributed by atoms with Gasteiger partial charge in [0.05, 0.1) is 0 Å². The minimum atomic E-state index is -1.01. The third kappa shape index (κ3) is 3.25. The first-order valence-corrected chi connectivity index (χ1v) is 8.74. The summed E-state index contributed by atoms with van der Waals surface area (Å²) in [6.07, 6.45) is 5.98. The van der Waals surface area contributed by atoms with E-state index in [0.717, 1.165) is 30.5 Å². The largest absolute Gasteiger partial charge is 0.481 e. The number of aryl methyl sites for hydroxylation is 2. The van der Waals surface area contributed by atoms with E-state index in [1.807, 2.05) is 26.0 Å². The molecule has 0 radical (unpaired) electrons. The summed E-state index contributed by atoms with van der Waals surface area (Å²) < 4.78 is 5.35. The van der Waals surface area contributed by atoms with Gasteiger partial charge < -0.3 is 14.7 Å². The summed E-state index contributed by atoms with van der Waals surface area (Å²) in [6, 6.07) is 4.04. The molecule has 1 N–H and O–H groups in total. The molecular formula is C19H25NO4. The van der Waals surface area contributed by atoms with Gasteiger partial charge in [-0.15, -0.1) is 0 Å². The first-order chi connectivity index (χ1) is 11.5. The Bertz CT molecular complexity index is 628. The number of aliphatic carboxylic acids is 1. The Morgan fingerprint density at radius 3 is 2.38 bits per heavy atom. The number of carbonyl (C=O) groups is 2. The molecule has 1 aliphatic heterocycles. The minimum absolute atomic E-state index is 0.0976. The number of ether oxygens (including phenoxy) is 1. The van der Waals surface area contributed by atoms with Crippen molar-refractivity contribution in [1.82, 2.24) is 4.90 Å². The Morgan fingerprint density at radius 1 is 1.17 bits per heavy atom. The highest BCUT2D eigenvalue weighted by Crippen LogP contribution is 2.38. The molecular weight excluding hydrogens is 306 g/mol. The van der Waals surface area contributed by atoms with Crippen molar-refractivity contribution < 1.29 is 19.4 Å². The number of amides is 1. The zero-order chi connectivity index (χ0) is 17.3. The standard InChI is InChI=1S/C19H25NO4/c1-12-9-15(10-13(2)18(12)24-11-17(21)22)19(23)20-8-4-7-16(20)14-5-3-6-14/h9-10,14,16H,3-8,11H2,1-2H3,(H,21,22). The number of carboxylic acids is 1. The molecule has 1 amide bonds. The third-order valence-corrected chi connectivity index (χ3v) is 5.30. The highest BCUT2D eigenvalue weighted by atomic mass is 16.5. The van der Waals surface area contributed by atoms with Crippen LogP contribution in [-0.4, -0.2) is 41.1 Å². The van der Waals surface area contributed by atoms with E-state index in [1.165, 1.54) is 19.3 Å². The summed E-state index contributed by atoms with van der Waals surface area (Å²) in [5, 5.41) is 8.77. The molecule has 5 nitrogen and oxygen atoms in total. The Balaban J connectivity index is 1.78. The van der Waals surface area contributed by atoms with Crippen LogP contribution in [-0.2, 0) is 4.79 Å². The maximum atomic E-state index is 13.0. The molecule has 1 aliphatic carbocycles. The first kappa shape index (κ1) is 16.8. The van der Waals surface area contributed by atoms with Crippen molar-refractivity contribution in [1.29, 1.82) is 0 Å². The van der Waals surface area contributed by atoms with Gasteiger partial charge in [-0.3, -0.25) is 4.79 Å². The van der Waals surface area contributed by atoms with Gasteiger partial charge in [0.1, 0.15) is 5.75 Å². The van der Waals surface area contributed by atoms with Gasteiger partial charge in [0.15, 0.2) is 6.61 Å². The van der Waals surface area contributed by atoms with Crippen LogP contribution in [0.25, 0.3) is 0 Å². The van der Waals surface area contributed by atoms with Crippen LogP contribution >= 0.6 is 0 Å². The van der Waals surface area contributed by atoms with Gasteiger partial charge >= 0.3 is 5.97 Å². The normalized spacial score (nSPS) is 20.8. The second-order valence-electron chi connectivity index (χ2n) is 7.02. The van der Waals surface area contributed by atoms with Gasteiger partial charge in [-0.25, -0.2) is 4.79 Å². The van der Waals surface area contributed by atoms with Crippen LogP contribution in [0.5, 0.6) is 5.75 Å². The van der Waals surface area contributed by atoms with Crippen molar-refractivity contribution in [3.63, 3.8) is 0 Å². The summed E-state index contributed by atoms with van der Waals surface area (Å²) >= 11 is 0. The number of rotatable bonds is 5. The molecule has 2 aliphatic rings. The molecule has 24 heavy (non-hydrogen) atoms. The monoisotopic (exact) mass is 331 g/mol. The van der Waals surface area contributed by atoms with Crippen molar-refractivity contribution in [2.24, 2.45) is 5.92 Å². The van der Waals surface area contributed by atoms with Crippen LogP contribution in [0.4, 0.5) is 0 Å². The maximum absolute atomic E-state index is 13.0. The Hall–Kier alpha value is -2.04. The molecule has 0 bridgehead atoms. The molecule has 1 saturated carbocycles. The fourth-order valence-corrected chi connectivity index (χ4v) is 3.96. The van der Waals surface area contributed by atoms with Gasteiger partial charge in [-0.05, 0) is 68.7 Å². The predicted molar refractivity (Wildman–Crippen MR) is 90.4 cm³/mol. The van der Waals surface area contributed by atoms with Crippen LogP contribution in [0, 0.1) is 19.8 Å². The molecule has 2 fully saturated rings. The molecule has 1 heterocycles. The zero-order valence-corrected chi connectivity index (χ0v) is 14.4. The Morgan fingerprint density at radius 2 is 1.83 bits per heavy atom. The third-order valence-electron chi connectivity index (χ3n) is 5.30. The molecule has 1 atom stereocenters.